The van der Waals surface area contributed by atoms with E-state index in [0.717, 1.165) is 31.1 Å². The van der Waals surface area contributed by atoms with Gasteiger partial charge in [-0.05, 0) is 31.7 Å². The van der Waals surface area contributed by atoms with Gasteiger partial charge in [0, 0.05) is 0 Å². The predicted octanol–water partition coefficient (Wildman–Crippen LogP) is 3.12. The molecule has 3 nitrogen and oxygen atoms in total. The Hall–Kier alpha value is -1.19. The third-order valence-electron chi connectivity index (χ3n) is 3.90. The van der Waals surface area contributed by atoms with Gasteiger partial charge in [0.05, 0.1) is 18.8 Å². The van der Waals surface area contributed by atoms with Gasteiger partial charge in [-0.1, -0.05) is 37.3 Å². The molecule has 0 spiro atoms. The van der Waals surface area contributed by atoms with Crippen molar-refractivity contribution in [1.29, 1.82) is 0 Å². The third-order valence-corrected chi connectivity index (χ3v) is 3.90. The van der Waals surface area contributed by atoms with Crippen LogP contribution < -0.4 is 0 Å². The van der Waals surface area contributed by atoms with Crippen LogP contribution in [-0.4, -0.2) is 24.1 Å². The van der Waals surface area contributed by atoms with Gasteiger partial charge in [0.15, 0.2) is 6.29 Å². The lowest BCUT2D eigenvalue weighted by atomic mass is 9.96. The molecule has 104 valence electrons. The summed E-state index contributed by atoms with van der Waals surface area (Å²) in [5, 5.41) is 0. The Morgan fingerprint density at radius 1 is 1.32 bits per heavy atom. The first-order chi connectivity index (χ1) is 9.11. The highest BCUT2D eigenvalue weighted by atomic mass is 16.6. The van der Waals surface area contributed by atoms with Gasteiger partial charge in [0.1, 0.15) is 5.60 Å². The van der Waals surface area contributed by atoms with Crippen molar-refractivity contribution in [3.8, 4) is 0 Å². The summed E-state index contributed by atoms with van der Waals surface area (Å²) in [6, 6.07) is 10.1. The van der Waals surface area contributed by atoms with E-state index in [4.69, 9.17) is 9.47 Å². The fraction of sp³-hybridized carbons (Fsp3) is 0.562. The number of ether oxygens (including phenoxy) is 2. The Morgan fingerprint density at radius 3 is 2.63 bits per heavy atom. The summed E-state index contributed by atoms with van der Waals surface area (Å²) >= 11 is 0. The van der Waals surface area contributed by atoms with Crippen LogP contribution in [0.5, 0.6) is 0 Å². The largest absolute Gasteiger partial charge is 0.374 e. The van der Waals surface area contributed by atoms with E-state index in [1.807, 2.05) is 37.3 Å². The summed E-state index contributed by atoms with van der Waals surface area (Å²) in [6.45, 7) is 5.07. The standard InChI is InChI=1S/C16H22O3/c1-3-16(10-9-15(2,12-17)19-16)13-18-11-14-7-5-4-6-8-14/h4-8,12H,3,9-11,13H2,1-2H3. The first kappa shape index (κ1) is 14.2. The molecule has 1 aromatic carbocycles. The van der Waals surface area contributed by atoms with Crippen LogP contribution in [0.1, 0.15) is 38.7 Å². The van der Waals surface area contributed by atoms with Gasteiger partial charge in [-0.3, -0.25) is 0 Å². The number of hydrogen-bond acceptors (Lipinski definition) is 3. The smallest absolute Gasteiger partial charge is 0.151 e. The highest BCUT2D eigenvalue weighted by Gasteiger charge is 2.45. The first-order valence-electron chi connectivity index (χ1n) is 6.90. The lowest BCUT2D eigenvalue weighted by Gasteiger charge is -2.30. The van der Waals surface area contributed by atoms with Crippen LogP contribution in [0.2, 0.25) is 0 Å². The van der Waals surface area contributed by atoms with Crippen LogP contribution in [-0.2, 0) is 20.9 Å². The van der Waals surface area contributed by atoms with E-state index in [2.05, 4.69) is 6.92 Å². The lowest BCUT2D eigenvalue weighted by Crippen LogP contribution is -2.38. The minimum atomic E-state index is -0.633. The molecular weight excluding hydrogens is 240 g/mol. The first-order valence-corrected chi connectivity index (χ1v) is 6.90. The normalized spacial score (nSPS) is 30.4. The number of carbonyl (C=O) groups is 1. The lowest BCUT2D eigenvalue weighted by molar-refractivity contribution is -0.149. The van der Waals surface area contributed by atoms with Crippen LogP contribution in [0.25, 0.3) is 0 Å². The maximum atomic E-state index is 11.1. The second kappa shape index (κ2) is 5.85. The van der Waals surface area contributed by atoms with Crippen molar-refractivity contribution in [3.63, 3.8) is 0 Å². The monoisotopic (exact) mass is 262 g/mol. The molecular formula is C16H22O3. The van der Waals surface area contributed by atoms with Crippen LogP contribution in [0.15, 0.2) is 30.3 Å². The average Bonchev–Trinajstić information content (AvgIpc) is 2.79. The fourth-order valence-corrected chi connectivity index (χ4v) is 2.54. The molecule has 1 fully saturated rings. The summed E-state index contributed by atoms with van der Waals surface area (Å²) < 4.78 is 11.8. The number of hydrogen-bond donors (Lipinski definition) is 0. The number of aldehydes is 1. The molecule has 2 rings (SSSR count). The van der Waals surface area contributed by atoms with Gasteiger partial charge in [-0.15, -0.1) is 0 Å². The Morgan fingerprint density at radius 2 is 2.05 bits per heavy atom. The molecule has 19 heavy (non-hydrogen) atoms. The maximum absolute atomic E-state index is 11.1. The van der Waals surface area contributed by atoms with Gasteiger partial charge in [0.2, 0.25) is 0 Å². The molecule has 0 N–H and O–H groups in total. The van der Waals surface area contributed by atoms with E-state index >= 15 is 0 Å². The summed E-state index contributed by atoms with van der Waals surface area (Å²) in [4.78, 5) is 11.1. The van der Waals surface area contributed by atoms with Crippen molar-refractivity contribution in [3.05, 3.63) is 35.9 Å². The highest BCUT2D eigenvalue weighted by Crippen LogP contribution is 2.39. The molecule has 0 radical (unpaired) electrons. The minimum absolute atomic E-state index is 0.301. The maximum Gasteiger partial charge on any atom is 0.151 e. The Labute approximate surface area is 114 Å². The molecule has 2 atom stereocenters. The molecule has 1 heterocycles. The van der Waals surface area contributed by atoms with E-state index in [9.17, 15) is 4.79 Å². The SMILES string of the molecule is CCC1(COCc2ccccc2)CCC(C)(C=O)O1. The third kappa shape index (κ3) is 3.43. The summed E-state index contributed by atoms with van der Waals surface area (Å²) in [7, 11) is 0. The van der Waals surface area contributed by atoms with E-state index in [1.165, 1.54) is 0 Å². The van der Waals surface area contributed by atoms with Crippen LogP contribution >= 0.6 is 0 Å². The average molecular weight is 262 g/mol. The Balaban J connectivity index is 1.88. The zero-order chi connectivity index (χ0) is 13.8. The van der Waals surface area contributed by atoms with Crippen molar-refractivity contribution in [2.75, 3.05) is 6.61 Å². The second-order valence-electron chi connectivity index (χ2n) is 5.55. The van der Waals surface area contributed by atoms with Gasteiger partial charge >= 0.3 is 0 Å². The molecule has 0 saturated carbocycles. The molecule has 0 amide bonds. The Kier molecular flexibility index (Phi) is 4.38. The van der Waals surface area contributed by atoms with Crippen molar-refractivity contribution in [2.24, 2.45) is 0 Å². The van der Waals surface area contributed by atoms with E-state index in [-0.39, 0.29) is 5.60 Å². The van der Waals surface area contributed by atoms with Gasteiger partial charge in [0.25, 0.3) is 0 Å². The molecule has 1 aromatic rings. The molecule has 1 aliphatic heterocycles. The number of benzene rings is 1. The van der Waals surface area contributed by atoms with E-state index in [1.54, 1.807) is 0 Å². The quantitative estimate of drug-likeness (QED) is 0.739. The fourth-order valence-electron chi connectivity index (χ4n) is 2.54. The number of carbonyl (C=O) groups excluding carboxylic acids is 1. The van der Waals surface area contributed by atoms with Crippen molar-refractivity contribution in [1.82, 2.24) is 0 Å². The summed E-state index contributed by atoms with van der Waals surface area (Å²) in [6.07, 6.45) is 3.44. The molecule has 0 aliphatic carbocycles. The second-order valence-corrected chi connectivity index (χ2v) is 5.55. The molecule has 0 aromatic heterocycles. The van der Waals surface area contributed by atoms with Gasteiger partial charge < -0.3 is 14.3 Å². The van der Waals surface area contributed by atoms with Gasteiger partial charge in [-0.2, -0.15) is 0 Å². The highest BCUT2D eigenvalue weighted by molar-refractivity contribution is 5.62. The molecule has 1 saturated heterocycles. The van der Waals surface area contributed by atoms with Gasteiger partial charge in [-0.25, -0.2) is 0 Å². The van der Waals surface area contributed by atoms with Crippen LogP contribution in [0, 0.1) is 0 Å². The Bertz CT molecular complexity index is 417. The molecule has 1 aliphatic rings. The van der Waals surface area contributed by atoms with Crippen molar-refractivity contribution >= 4 is 6.29 Å². The molecule has 2 unspecified atom stereocenters. The van der Waals surface area contributed by atoms with Crippen LogP contribution in [0.4, 0.5) is 0 Å². The van der Waals surface area contributed by atoms with E-state index in [0.29, 0.717) is 13.2 Å². The molecule has 0 bridgehead atoms. The summed E-state index contributed by atoms with van der Waals surface area (Å²) in [5.74, 6) is 0. The van der Waals surface area contributed by atoms with E-state index < -0.39 is 5.60 Å². The van der Waals surface area contributed by atoms with Crippen molar-refractivity contribution < 1.29 is 14.3 Å². The predicted molar refractivity (Wildman–Crippen MR) is 73.9 cm³/mol. The topological polar surface area (TPSA) is 35.5 Å². The zero-order valence-electron chi connectivity index (χ0n) is 11.7. The summed E-state index contributed by atoms with van der Waals surface area (Å²) in [5.41, 5.74) is 0.223. The van der Waals surface area contributed by atoms with Crippen LogP contribution in [0.3, 0.4) is 0 Å². The molecule has 3 heteroatoms. The van der Waals surface area contributed by atoms with Crippen molar-refractivity contribution in [2.45, 2.75) is 50.9 Å². The zero-order valence-corrected chi connectivity index (χ0v) is 11.7. The minimum Gasteiger partial charge on any atom is -0.374 e. The number of rotatable bonds is 6.